The molecule has 0 aromatic heterocycles. The molecule has 2 aliphatic heterocycles. The molecule has 1 aliphatic carbocycles. The van der Waals surface area contributed by atoms with Crippen LogP contribution in [0.5, 0.6) is 11.5 Å². The van der Waals surface area contributed by atoms with Gasteiger partial charge in [0.25, 0.3) is 0 Å². The molecule has 262 valence electrons. The molecule has 2 heterocycles. The zero-order chi connectivity index (χ0) is 36.7. The Hall–Kier alpha value is -5.46. The van der Waals surface area contributed by atoms with E-state index < -0.39 is 31.8 Å². The summed E-state index contributed by atoms with van der Waals surface area (Å²) in [5.41, 5.74) is 7.09. The summed E-state index contributed by atoms with van der Waals surface area (Å²) in [5, 5.41) is 5.10. The second-order valence-corrected chi connectivity index (χ2v) is 19.7. The summed E-state index contributed by atoms with van der Waals surface area (Å²) in [5.74, 6) is 1.78. The Morgan fingerprint density at radius 1 is 0.407 bits per heavy atom. The zero-order valence-corrected chi connectivity index (χ0v) is 32.0. The average Bonchev–Trinajstić information content (AvgIpc) is 3.62. The summed E-state index contributed by atoms with van der Waals surface area (Å²) < 4.78 is 20.3. The highest BCUT2D eigenvalue weighted by Gasteiger charge is 2.54. The maximum Gasteiger partial charge on any atom is 0.494 e. The van der Waals surface area contributed by atoms with E-state index in [2.05, 4.69) is 204 Å². The summed E-state index contributed by atoms with van der Waals surface area (Å²) in [6.07, 6.45) is 0. The fourth-order valence-corrected chi connectivity index (χ4v) is 14.2. The lowest BCUT2D eigenvalue weighted by molar-refractivity contribution is 0.00578. The van der Waals surface area contributed by atoms with Crippen LogP contribution >= 0.6 is 0 Å². The average molecular weight is 717 g/mol. The number of hydrogen-bond acceptors (Lipinski definition) is 3. The Labute approximate surface area is 319 Å². The highest BCUT2D eigenvalue weighted by molar-refractivity contribution is 7.20. The van der Waals surface area contributed by atoms with E-state index in [0.29, 0.717) is 0 Å². The largest absolute Gasteiger partial charge is 0.494 e. The zero-order valence-electron chi connectivity index (χ0n) is 31.0. The predicted octanol–water partition coefficient (Wildman–Crippen LogP) is 7.83. The Balaban J connectivity index is 1.25. The van der Waals surface area contributed by atoms with Crippen molar-refractivity contribution in [2.45, 2.75) is 44.3 Å². The van der Waals surface area contributed by atoms with Crippen LogP contribution in [0.1, 0.15) is 49.9 Å². The van der Waals surface area contributed by atoms with Crippen molar-refractivity contribution in [3.63, 3.8) is 0 Å². The van der Waals surface area contributed by atoms with Crippen molar-refractivity contribution in [2.24, 2.45) is 0 Å². The third-order valence-corrected chi connectivity index (χ3v) is 17.3. The minimum atomic E-state index is -2.99. The van der Waals surface area contributed by atoms with Gasteiger partial charge in [-0.15, -0.1) is 0 Å². The van der Waals surface area contributed by atoms with E-state index in [1.54, 1.807) is 0 Å². The number of rotatable bonds is 5. The molecular weight excluding hydrogens is 675 g/mol. The molecule has 7 aromatic rings. The Bertz CT molecular complexity index is 2460. The summed E-state index contributed by atoms with van der Waals surface area (Å²) in [7, 11) is -3.46. The van der Waals surface area contributed by atoms with Crippen LogP contribution in [0.25, 0.3) is 11.1 Å². The first-order valence-electron chi connectivity index (χ1n) is 18.9. The maximum atomic E-state index is 7.07. The van der Waals surface area contributed by atoms with Crippen LogP contribution in [-0.4, -0.2) is 26.4 Å². The molecule has 0 radical (unpaired) electrons. The summed E-state index contributed by atoms with van der Waals surface area (Å²) in [6, 6.07) is 64.7. The third-order valence-electron chi connectivity index (χ3n) is 12.5. The van der Waals surface area contributed by atoms with Gasteiger partial charge in [0, 0.05) is 11.1 Å². The number of para-hydroxylation sites is 1. The Morgan fingerprint density at radius 2 is 0.889 bits per heavy atom. The van der Waals surface area contributed by atoms with E-state index in [4.69, 9.17) is 14.0 Å². The highest BCUT2D eigenvalue weighted by Crippen LogP contribution is 2.61. The molecule has 0 saturated carbocycles. The van der Waals surface area contributed by atoms with Crippen LogP contribution in [0.4, 0.5) is 0 Å². The van der Waals surface area contributed by atoms with Gasteiger partial charge >= 0.3 is 7.12 Å². The standard InChI is InChI=1S/C49H41BO3Si/c1-47(2)48(3,4)53-50(52-47)34-18-17-23-37(32-34)54(35-19-7-5-8-20-35,36-21-9-6-10-22-36)38-30-31-44-46(33-38)51-45-29-16-15-28-43(45)49(44)41-26-13-11-24-39(41)40-25-12-14-27-42(40)49/h5-33H,1-4H3. The van der Waals surface area contributed by atoms with Crippen LogP contribution in [-0.2, 0) is 14.7 Å². The molecule has 7 aromatic carbocycles. The first kappa shape index (κ1) is 33.1. The fraction of sp³-hybridized carbons (Fsp3) is 0.143. The molecule has 54 heavy (non-hydrogen) atoms. The van der Waals surface area contributed by atoms with Gasteiger partial charge in [-0.05, 0) is 88.3 Å². The first-order chi connectivity index (χ1) is 26.2. The predicted molar refractivity (Wildman–Crippen MR) is 223 cm³/mol. The topological polar surface area (TPSA) is 27.7 Å². The van der Waals surface area contributed by atoms with Crippen molar-refractivity contribution >= 4 is 41.4 Å². The fourth-order valence-electron chi connectivity index (χ4n) is 9.37. The van der Waals surface area contributed by atoms with Gasteiger partial charge in [0.15, 0.2) is 8.07 Å². The highest BCUT2D eigenvalue weighted by atomic mass is 28.3. The Kier molecular flexibility index (Phi) is 7.38. The van der Waals surface area contributed by atoms with Gasteiger partial charge in [0.2, 0.25) is 0 Å². The van der Waals surface area contributed by atoms with Crippen LogP contribution in [0.2, 0.25) is 0 Å². The minimum absolute atomic E-state index is 0.444. The molecule has 0 atom stereocenters. The lowest BCUT2D eigenvalue weighted by Gasteiger charge is -2.41. The van der Waals surface area contributed by atoms with E-state index in [-0.39, 0.29) is 0 Å². The molecule has 1 fully saturated rings. The van der Waals surface area contributed by atoms with E-state index in [9.17, 15) is 0 Å². The maximum absolute atomic E-state index is 7.07. The molecule has 10 rings (SSSR count). The third kappa shape index (κ3) is 4.56. The van der Waals surface area contributed by atoms with Crippen molar-refractivity contribution < 1.29 is 14.0 Å². The number of ether oxygens (including phenoxy) is 1. The van der Waals surface area contributed by atoms with E-state index >= 15 is 0 Å². The number of benzene rings is 7. The lowest BCUT2D eigenvalue weighted by atomic mass is 9.66. The lowest BCUT2D eigenvalue weighted by Crippen LogP contribution is -2.75. The van der Waals surface area contributed by atoms with Gasteiger partial charge in [-0.2, -0.15) is 0 Å². The minimum Gasteiger partial charge on any atom is -0.457 e. The van der Waals surface area contributed by atoms with Gasteiger partial charge in [0.1, 0.15) is 11.5 Å². The molecule has 1 spiro atoms. The van der Waals surface area contributed by atoms with Crippen LogP contribution in [0.3, 0.4) is 0 Å². The normalized spacial score (nSPS) is 16.9. The molecular formula is C49H41BO3Si. The molecule has 3 nitrogen and oxygen atoms in total. The van der Waals surface area contributed by atoms with Crippen molar-refractivity contribution in [1.82, 2.24) is 0 Å². The van der Waals surface area contributed by atoms with Gasteiger partial charge in [-0.25, -0.2) is 0 Å². The van der Waals surface area contributed by atoms with E-state index in [1.807, 2.05) is 0 Å². The van der Waals surface area contributed by atoms with Gasteiger partial charge < -0.3 is 14.0 Å². The van der Waals surface area contributed by atoms with Gasteiger partial charge in [-0.3, -0.25) is 0 Å². The summed E-state index contributed by atoms with van der Waals surface area (Å²) >= 11 is 0. The van der Waals surface area contributed by atoms with E-state index in [0.717, 1.165) is 22.5 Å². The first-order valence-corrected chi connectivity index (χ1v) is 20.9. The monoisotopic (exact) mass is 716 g/mol. The summed E-state index contributed by atoms with van der Waals surface area (Å²) in [6.45, 7) is 8.46. The molecule has 0 bridgehead atoms. The number of fused-ring (bicyclic) bond motifs is 9. The van der Waals surface area contributed by atoms with Crippen LogP contribution in [0.15, 0.2) is 176 Å². The van der Waals surface area contributed by atoms with Crippen LogP contribution in [0, 0.1) is 0 Å². The van der Waals surface area contributed by atoms with Crippen LogP contribution < -0.4 is 30.9 Å². The summed E-state index contributed by atoms with van der Waals surface area (Å²) in [4.78, 5) is 0. The second-order valence-electron chi connectivity index (χ2n) is 15.8. The van der Waals surface area contributed by atoms with Crippen molar-refractivity contribution in [1.29, 1.82) is 0 Å². The number of hydrogen-bond donors (Lipinski definition) is 0. The quantitative estimate of drug-likeness (QED) is 0.134. The molecule has 0 unspecified atom stereocenters. The smallest absolute Gasteiger partial charge is 0.457 e. The molecule has 0 amide bonds. The SMILES string of the molecule is CC1(C)OB(c2cccc([Si](c3ccccc3)(c3ccccc3)c3ccc4c(c3)Oc3ccccc3C43c4ccccc4-c4ccccc43)c2)OC1(C)C. The van der Waals surface area contributed by atoms with E-state index in [1.165, 1.54) is 48.6 Å². The van der Waals surface area contributed by atoms with Crippen molar-refractivity contribution in [3.05, 3.63) is 198 Å². The second kappa shape index (κ2) is 12.0. The molecule has 0 N–H and O–H groups in total. The van der Waals surface area contributed by atoms with Gasteiger partial charge in [-0.1, -0.05) is 164 Å². The van der Waals surface area contributed by atoms with Gasteiger partial charge in [0.05, 0.1) is 16.6 Å². The molecule has 1 saturated heterocycles. The van der Waals surface area contributed by atoms with Crippen molar-refractivity contribution in [3.8, 4) is 22.6 Å². The molecule has 3 aliphatic rings. The molecule has 5 heteroatoms. The Morgan fingerprint density at radius 3 is 1.50 bits per heavy atom. The van der Waals surface area contributed by atoms with Crippen molar-refractivity contribution in [2.75, 3.05) is 0 Å².